The number of ether oxygens (including phenoxy) is 2. The third-order valence-corrected chi connectivity index (χ3v) is 4.08. The lowest BCUT2D eigenvalue weighted by molar-refractivity contribution is -0.388. The predicted octanol–water partition coefficient (Wildman–Crippen LogP) is 2.55. The maximum absolute atomic E-state index is 11.9. The standard InChI is InChI=1S/C16H30O6.C4H4N2/c1-9(2)12(17)15(7,8)16(20,21-13(18)10(3)4)22-14(19)11(5)6;1-2-6-4-3-5-1/h9-12,17,20H,1-8H3;1-4H. The minimum Gasteiger partial charge on any atom is -0.397 e. The summed E-state index contributed by atoms with van der Waals surface area (Å²) in [5.41, 5.74) is -1.41. The summed E-state index contributed by atoms with van der Waals surface area (Å²) in [6, 6.07) is 0. The lowest BCUT2D eigenvalue weighted by Crippen LogP contribution is -2.58. The Bertz CT molecular complexity index is 553. The Hall–Kier alpha value is -2.06. The third kappa shape index (κ3) is 7.52. The molecule has 28 heavy (non-hydrogen) atoms. The summed E-state index contributed by atoms with van der Waals surface area (Å²) in [5, 5.41) is 21.1. The van der Waals surface area contributed by atoms with E-state index in [1.165, 1.54) is 13.8 Å². The number of esters is 2. The number of carbonyl (C=O) groups is 2. The molecular formula is C20H34N2O6. The van der Waals surface area contributed by atoms with Crippen LogP contribution in [0.1, 0.15) is 55.4 Å². The molecule has 160 valence electrons. The van der Waals surface area contributed by atoms with Gasteiger partial charge in [0.05, 0.1) is 23.4 Å². The van der Waals surface area contributed by atoms with E-state index < -0.39 is 41.3 Å². The topological polar surface area (TPSA) is 119 Å². The van der Waals surface area contributed by atoms with Gasteiger partial charge in [-0.15, -0.1) is 0 Å². The molecule has 1 unspecified atom stereocenters. The van der Waals surface area contributed by atoms with Crippen molar-refractivity contribution in [1.82, 2.24) is 9.97 Å². The van der Waals surface area contributed by atoms with Crippen molar-refractivity contribution in [2.75, 3.05) is 0 Å². The molecule has 0 fully saturated rings. The zero-order chi connectivity index (χ0) is 22.1. The van der Waals surface area contributed by atoms with Crippen molar-refractivity contribution in [3.8, 4) is 0 Å². The van der Waals surface area contributed by atoms with Crippen LogP contribution >= 0.6 is 0 Å². The van der Waals surface area contributed by atoms with E-state index in [1.54, 1.807) is 66.3 Å². The molecule has 0 aliphatic heterocycles. The van der Waals surface area contributed by atoms with Crippen molar-refractivity contribution < 1.29 is 29.3 Å². The van der Waals surface area contributed by atoms with Crippen LogP contribution < -0.4 is 0 Å². The van der Waals surface area contributed by atoms with Crippen LogP contribution in [0.4, 0.5) is 0 Å². The second-order valence-electron chi connectivity index (χ2n) is 8.04. The van der Waals surface area contributed by atoms with Crippen molar-refractivity contribution in [2.45, 2.75) is 67.5 Å². The van der Waals surface area contributed by atoms with Gasteiger partial charge in [-0.05, 0) is 19.8 Å². The molecule has 0 aliphatic rings. The Balaban J connectivity index is 0.00000102. The van der Waals surface area contributed by atoms with E-state index in [1.807, 2.05) is 0 Å². The van der Waals surface area contributed by atoms with Gasteiger partial charge in [0.2, 0.25) is 0 Å². The predicted molar refractivity (Wildman–Crippen MR) is 103 cm³/mol. The van der Waals surface area contributed by atoms with Crippen LogP contribution in [0.5, 0.6) is 0 Å². The van der Waals surface area contributed by atoms with Crippen LogP contribution in [0.2, 0.25) is 0 Å². The van der Waals surface area contributed by atoms with Gasteiger partial charge in [-0.3, -0.25) is 19.6 Å². The Morgan fingerprint density at radius 1 is 0.821 bits per heavy atom. The monoisotopic (exact) mass is 398 g/mol. The fourth-order valence-corrected chi connectivity index (χ4v) is 2.07. The highest BCUT2D eigenvalue weighted by Crippen LogP contribution is 2.40. The first-order chi connectivity index (χ1) is 12.8. The summed E-state index contributed by atoms with van der Waals surface area (Å²) in [5.74, 6) is -5.25. The lowest BCUT2D eigenvalue weighted by atomic mass is 9.78. The number of hydrogen-bond donors (Lipinski definition) is 2. The summed E-state index contributed by atoms with van der Waals surface area (Å²) in [6.07, 6.45) is 5.50. The Labute approximate surface area is 167 Å². The van der Waals surface area contributed by atoms with Crippen molar-refractivity contribution in [2.24, 2.45) is 23.2 Å². The molecule has 8 heteroatoms. The number of aliphatic hydroxyl groups excluding tert-OH is 1. The van der Waals surface area contributed by atoms with Gasteiger partial charge in [0, 0.05) is 24.8 Å². The normalized spacial score (nSPS) is 13.0. The zero-order valence-corrected chi connectivity index (χ0v) is 18.0. The van der Waals surface area contributed by atoms with E-state index in [0.717, 1.165) is 0 Å². The third-order valence-electron chi connectivity index (χ3n) is 4.08. The van der Waals surface area contributed by atoms with Crippen molar-refractivity contribution in [3.05, 3.63) is 24.8 Å². The van der Waals surface area contributed by atoms with Crippen LogP contribution in [-0.4, -0.2) is 44.2 Å². The molecule has 1 rings (SSSR count). The highest BCUT2D eigenvalue weighted by molar-refractivity contribution is 5.74. The van der Waals surface area contributed by atoms with Crippen LogP contribution in [0.15, 0.2) is 24.8 Å². The summed E-state index contributed by atoms with van der Waals surface area (Å²) in [6.45, 7) is 12.9. The van der Waals surface area contributed by atoms with Crippen molar-refractivity contribution in [3.63, 3.8) is 0 Å². The molecule has 1 atom stereocenters. The molecule has 0 saturated heterocycles. The molecule has 0 amide bonds. The van der Waals surface area contributed by atoms with Gasteiger partial charge in [-0.2, -0.15) is 0 Å². The summed E-state index contributed by atoms with van der Waals surface area (Å²) >= 11 is 0. The quantitative estimate of drug-likeness (QED) is 0.531. The van der Waals surface area contributed by atoms with E-state index in [9.17, 15) is 19.8 Å². The number of aromatic nitrogens is 2. The molecule has 0 radical (unpaired) electrons. The molecule has 0 saturated carbocycles. The van der Waals surface area contributed by atoms with Crippen LogP contribution in [-0.2, 0) is 19.1 Å². The molecule has 8 nitrogen and oxygen atoms in total. The highest BCUT2D eigenvalue weighted by atomic mass is 16.8. The van der Waals surface area contributed by atoms with Crippen LogP contribution in [0, 0.1) is 23.2 Å². The highest BCUT2D eigenvalue weighted by Gasteiger charge is 2.56. The van der Waals surface area contributed by atoms with Crippen molar-refractivity contribution >= 4 is 11.9 Å². The van der Waals surface area contributed by atoms with Gasteiger partial charge < -0.3 is 19.7 Å². The first-order valence-corrected chi connectivity index (χ1v) is 9.32. The molecule has 0 spiro atoms. The van der Waals surface area contributed by atoms with Gasteiger partial charge in [0.15, 0.2) is 0 Å². The van der Waals surface area contributed by atoms with Crippen molar-refractivity contribution in [1.29, 1.82) is 0 Å². The second-order valence-corrected chi connectivity index (χ2v) is 8.04. The minimum absolute atomic E-state index is 0.239. The average molecular weight is 399 g/mol. The molecule has 1 aromatic heterocycles. The number of carbonyl (C=O) groups excluding carboxylic acids is 2. The van der Waals surface area contributed by atoms with E-state index >= 15 is 0 Å². The molecule has 1 heterocycles. The van der Waals surface area contributed by atoms with Crippen LogP contribution in [0.25, 0.3) is 0 Å². The number of rotatable bonds is 7. The summed E-state index contributed by atoms with van der Waals surface area (Å²) < 4.78 is 10.1. The molecule has 0 aromatic carbocycles. The first kappa shape index (κ1) is 25.9. The maximum atomic E-state index is 11.9. The lowest BCUT2D eigenvalue weighted by Gasteiger charge is -2.44. The van der Waals surface area contributed by atoms with Crippen LogP contribution in [0.3, 0.4) is 0 Å². The van der Waals surface area contributed by atoms with E-state index in [-0.39, 0.29) is 5.92 Å². The van der Waals surface area contributed by atoms with E-state index in [4.69, 9.17) is 9.47 Å². The molecule has 0 bridgehead atoms. The van der Waals surface area contributed by atoms with Gasteiger partial charge >= 0.3 is 17.9 Å². The minimum atomic E-state index is -2.54. The zero-order valence-electron chi connectivity index (χ0n) is 18.0. The maximum Gasteiger partial charge on any atom is 0.381 e. The number of aliphatic hydroxyl groups is 2. The fraction of sp³-hybridized carbons (Fsp3) is 0.700. The van der Waals surface area contributed by atoms with Gasteiger partial charge in [0.1, 0.15) is 0 Å². The Morgan fingerprint density at radius 3 is 1.36 bits per heavy atom. The molecule has 2 N–H and O–H groups in total. The van der Waals surface area contributed by atoms with Gasteiger partial charge in [-0.25, -0.2) is 0 Å². The number of nitrogens with zero attached hydrogens (tertiary/aromatic N) is 2. The van der Waals surface area contributed by atoms with E-state index in [0.29, 0.717) is 0 Å². The summed E-state index contributed by atoms with van der Waals surface area (Å²) in [4.78, 5) is 31.2. The molecule has 1 aromatic rings. The molecule has 0 aliphatic carbocycles. The smallest absolute Gasteiger partial charge is 0.381 e. The fourth-order valence-electron chi connectivity index (χ4n) is 2.07. The second kappa shape index (κ2) is 11.1. The van der Waals surface area contributed by atoms with E-state index in [2.05, 4.69) is 9.97 Å². The Morgan fingerprint density at radius 2 is 1.14 bits per heavy atom. The first-order valence-electron chi connectivity index (χ1n) is 9.32. The van der Waals surface area contributed by atoms with Gasteiger partial charge in [0.25, 0.3) is 0 Å². The van der Waals surface area contributed by atoms with Gasteiger partial charge in [-0.1, -0.05) is 41.5 Å². The Kier molecular flexibility index (Phi) is 10.3. The largest absolute Gasteiger partial charge is 0.397 e. The SMILES string of the molecule is CC(C)C(=O)OC(O)(OC(=O)C(C)C)C(C)(C)C(O)C(C)C.c1cnccn1. The summed E-state index contributed by atoms with van der Waals surface area (Å²) in [7, 11) is 0. The average Bonchev–Trinajstić information content (AvgIpc) is 2.62. The molecular weight excluding hydrogens is 364 g/mol. The number of hydrogen-bond acceptors (Lipinski definition) is 8.